The number of hydrogen-bond donors (Lipinski definition) is 1. The van der Waals surface area contributed by atoms with Gasteiger partial charge in [-0.05, 0) is 48.6 Å². The third-order valence-corrected chi connectivity index (χ3v) is 7.37. The number of halogens is 2. The molecular weight excluding hydrogens is 419 g/mol. The lowest BCUT2D eigenvalue weighted by atomic mass is 9.99. The molecule has 0 radical (unpaired) electrons. The molecule has 1 fully saturated rings. The second kappa shape index (κ2) is 8.91. The van der Waals surface area contributed by atoms with E-state index in [1.54, 1.807) is 0 Å². The molecule has 1 heterocycles. The van der Waals surface area contributed by atoms with Crippen LogP contribution in [0.3, 0.4) is 0 Å². The van der Waals surface area contributed by atoms with Gasteiger partial charge in [0.2, 0.25) is 10.0 Å². The molecule has 5 nitrogen and oxygen atoms in total. The van der Waals surface area contributed by atoms with Crippen LogP contribution in [0.2, 0.25) is 10.0 Å². The molecule has 0 saturated carbocycles. The van der Waals surface area contributed by atoms with Crippen molar-refractivity contribution in [2.45, 2.75) is 31.2 Å². The van der Waals surface area contributed by atoms with Gasteiger partial charge in [-0.15, -0.1) is 0 Å². The van der Waals surface area contributed by atoms with Crippen LogP contribution in [0.4, 0.5) is 5.69 Å². The van der Waals surface area contributed by atoms with Crippen molar-refractivity contribution in [3.05, 3.63) is 52.0 Å². The molecular formula is C20H24Cl2N2O3S. The van der Waals surface area contributed by atoms with Gasteiger partial charge in [0, 0.05) is 25.3 Å². The lowest BCUT2D eigenvalue weighted by Crippen LogP contribution is -2.34. The number of ether oxygens (including phenoxy) is 1. The van der Waals surface area contributed by atoms with Crippen LogP contribution in [0.15, 0.2) is 41.3 Å². The summed E-state index contributed by atoms with van der Waals surface area (Å²) < 4.78 is 32.9. The Morgan fingerprint density at radius 2 is 1.86 bits per heavy atom. The van der Waals surface area contributed by atoms with Crippen LogP contribution in [0, 0.1) is 5.92 Å². The van der Waals surface area contributed by atoms with Crippen molar-refractivity contribution in [2.24, 2.45) is 5.92 Å². The summed E-state index contributed by atoms with van der Waals surface area (Å²) >= 11 is 12.2. The van der Waals surface area contributed by atoms with Gasteiger partial charge in [0.05, 0.1) is 12.1 Å². The van der Waals surface area contributed by atoms with Gasteiger partial charge in [0.1, 0.15) is 15.7 Å². The van der Waals surface area contributed by atoms with E-state index in [-0.39, 0.29) is 21.5 Å². The number of anilines is 1. The summed E-state index contributed by atoms with van der Waals surface area (Å²) in [7, 11) is -2.36. The molecule has 2 aromatic carbocycles. The van der Waals surface area contributed by atoms with Crippen LogP contribution >= 0.6 is 23.2 Å². The molecule has 1 saturated heterocycles. The Hall–Kier alpha value is -1.47. The maximum Gasteiger partial charge on any atom is 0.242 e. The molecule has 0 bridgehead atoms. The number of sulfonamides is 1. The molecule has 0 aromatic heterocycles. The predicted octanol–water partition coefficient (Wildman–Crippen LogP) is 4.72. The zero-order valence-corrected chi connectivity index (χ0v) is 18.2. The van der Waals surface area contributed by atoms with Gasteiger partial charge < -0.3 is 9.64 Å². The van der Waals surface area contributed by atoms with Crippen LogP contribution < -0.4 is 14.4 Å². The van der Waals surface area contributed by atoms with E-state index in [0.29, 0.717) is 11.7 Å². The first kappa shape index (κ1) is 21.2. The zero-order valence-electron chi connectivity index (χ0n) is 15.9. The summed E-state index contributed by atoms with van der Waals surface area (Å²) in [5.74, 6) is 1.02. The molecule has 1 aliphatic heterocycles. The Morgan fingerprint density at radius 1 is 1.14 bits per heavy atom. The predicted molar refractivity (Wildman–Crippen MR) is 114 cm³/mol. The van der Waals surface area contributed by atoms with E-state index in [9.17, 15) is 8.42 Å². The smallest absolute Gasteiger partial charge is 0.242 e. The molecule has 8 heteroatoms. The first-order valence-electron chi connectivity index (χ1n) is 9.17. The highest BCUT2D eigenvalue weighted by Crippen LogP contribution is 2.36. The molecule has 3 rings (SSSR count). The molecule has 1 atom stereocenters. The SMILES string of the molecule is COc1ccc(S(=O)(=O)NCc2ccc(N3CCC[C@H](C)C3)cc2)c(Cl)c1Cl. The van der Waals surface area contributed by atoms with Gasteiger partial charge in [-0.2, -0.15) is 0 Å². The van der Waals surface area contributed by atoms with Crippen LogP contribution in [0.5, 0.6) is 5.75 Å². The average molecular weight is 443 g/mol. The van der Waals surface area contributed by atoms with Gasteiger partial charge in [0.25, 0.3) is 0 Å². The van der Waals surface area contributed by atoms with Gasteiger partial charge >= 0.3 is 0 Å². The first-order chi connectivity index (χ1) is 13.3. The summed E-state index contributed by atoms with van der Waals surface area (Å²) in [6.07, 6.45) is 2.47. The Balaban J connectivity index is 1.69. The van der Waals surface area contributed by atoms with Gasteiger partial charge in [-0.3, -0.25) is 0 Å². The van der Waals surface area contributed by atoms with E-state index in [0.717, 1.165) is 18.7 Å². The zero-order chi connectivity index (χ0) is 20.3. The third-order valence-electron chi connectivity index (χ3n) is 4.95. The van der Waals surface area contributed by atoms with Crippen LogP contribution in [0.1, 0.15) is 25.3 Å². The molecule has 28 heavy (non-hydrogen) atoms. The van der Waals surface area contributed by atoms with E-state index in [4.69, 9.17) is 27.9 Å². The van der Waals surface area contributed by atoms with Gasteiger partial charge in [0.15, 0.2) is 0 Å². The quantitative estimate of drug-likeness (QED) is 0.702. The Morgan fingerprint density at radius 3 is 2.50 bits per heavy atom. The van der Waals surface area contributed by atoms with Gasteiger partial charge in [-0.25, -0.2) is 13.1 Å². The topological polar surface area (TPSA) is 58.6 Å². The monoisotopic (exact) mass is 442 g/mol. The molecule has 1 N–H and O–H groups in total. The number of methoxy groups -OCH3 is 1. The summed E-state index contributed by atoms with van der Waals surface area (Å²) in [5.41, 5.74) is 2.04. The summed E-state index contributed by atoms with van der Waals surface area (Å²) in [4.78, 5) is 2.31. The lowest BCUT2D eigenvalue weighted by Gasteiger charge is -2.32. The number of rotatable bonds is 6. The minimum atomic E-state index is -3.81. The Bertz CT molecular complexity index is 933. The number of nitrogens with one attached hydrogen (secondary N) is 1. The largest absolute Gasteiger partial charge is 0.495 e. The average Bonchev–Trinajstić information content (AvgIpc) is 2.69. The number of piperidine rings is 1. The highest BCUT2D eigenvalue weighted by Gasteiger charge is 2.22. The molecule has 0 amide bonds. The lowest BCUT2D eigenvalue weighted by molar-refractivity contribution is 0.414. The second-order valence-electron chi connectivity index (χ2n) is 7.08. The minimum Gasteiger partial charge on any atom is -0.495 e. The normalized spacial score (nSPS) is 17.6. The molecule has 152 valence electrons. The maximum atomic E-state index is 12.6. The fourth-order valence-electron chi connectivity index (χ4n) is 3.38. The molecule has 1 aliphatic rings. The molecule has 2 aromatic rings. The van der Waals surface area contributed by atoms with E-state index >= 15 is 0 Å². The molecule has 0 unspecified atom stereocenters. The minimum absolute atomic E-state index is 0.0527. The van der Waals surface area contributed by atoms with Crippen LogP contribution in [-0.4, -0.2) is 28.6 Å². The van der Waals surface area contributed by atoms with Crippen molar-refractivity contribution in [2.75, 3.05) is 25.1 Å². The van der Waals surface area contributed by atoms with Crippen LogP contribution in [0.25, 0.3) is 0 Å². The summed E-state index contributed by atoms with van der Waals surface area (Å²) in [5, 5.41) is 0.0234. The van der Waals surface area contributed by atoms with Crippen molar-refractivity contribution in [1.29, 1.82) is 0 Å². The summed E-state index contributed by atoms with van der Waals surface area (Å²) in [6.45, 7) is 4.56. The van der Waals surface area contributed by atoms with Crippen molar-refractivity contribution >= 4 is 38.9 Å². The van der Waals surface area contributed by atoms with E-state index in [1.807, 2.05) is 24.3 Å². The fraction of sp³-hybridized carbons (Fsp3) is 0.400. The highest BCUT2D eigenvalue weighted by atomic mass is 35.5. The van der Waals surface area contributed by atoms with E-state index in [1.165, 1.54) is 37.8 Å². The first-order valence-corrected chi connectivity index (χ1v) is 11.4. The number of benzene rings is 2. The van der Waals surface area contributed by atoms with Crippen molar-refractivity contribution in [1.82, 2.24) is 4.72 Å². The van der Waals surface area contributed by atoms with Crippen LogP contribution in [-0.2, 0) is 16.6 Å². The number of hydrogen-bond acceptors (Lipinski definition) is 4. The highest BCUT2D eigenvalue weighted by molar-refractivity contribution is 7.89. The Kier molecular flexibility index (Phi) is 6.76. The third kappa shape index (κ3) is 4.74. The van der Waals surface area contributed by atoms with Crippen molar-refractivity contribution in [3.63, 3.8) is 0 Å². The molecule has 0 spiro atoms. The van der Waals surface area contributed by atoms with Crippen molar-refractivity contribution in [3.8, 4) is 5.75 Å². The standard InChI is InChI=1S/C20H24Cl2N2O3S/c1-14-4-3-11-24(13-14)16-7-5-15(6-8-16)12-23-28(25,26)18-10-9-17(27-2)19(21)20(18)22/h5-10,14,23H,3-4,11-13H2,1-2H3/t14-/m0/s1. The Labute approximate surface area is 176 Å². The van der Waals surface area contributed by atoms with E-state index < -0.39 is 10.0 Å². The summed E-state index contributed by atoms with van der Waals surface area (Å²) in [6, 6.07) is 10.8. The van der Waals surface area contributed by atoms with Crippen molar-refractivity contribution < 1.29 is 13.2 Å². The second-order valence-corrected chi connectivity index (χ2v) is 9.57. The molecule has 0 aliphatic carbocycles. The fourth-order valence-corrected chi connectivity index (χ4v) is 5.24. The maximum absolute atomic E-state index is 12.6. The van der Waals surface area contributed by atoms with Gasteiger partial charge in [-0.1, -0.05) is 42.3 Å². The van der Waals surface area contributed by atoms with E-state index in [2.05, 4.69) is 16.5 Å². The number of nitrogens with zero attached hydrogens (tertiary/aromatic N) is 1.